The Morgan fingerprint density at radius 1 is 1.28 bits per heavy atom. The van der Waals surface area contributed by atoms with E-state index in [1.165, 1.54) is 29.5 Å². The second-order valence-corrected chi connectivity index (χ2v) is 8.68. The number of hydrogen-bond donors (Lipinski definition) is 1. The topological polar surface area (TPSA) is 85.1 Å². The molecule has 0 saturated carbocycles. The first kappa shape index (κ1) is 17.7. The Hall–Kier alpha value is -2.10. The molecule has 0 radical (unpaired) electrons. The molecule has 0 amide bonds. The summed E-state index contributed by atoms with van der Waals surface area (Å²) in [6.45, 7) is 5.22. The van der Waals surface area contributed by atoms with Crippen molar-refractivity contribution in [2.75, 3.05) is 0 Å². The predicted octanol–water partition coefficient (Wildman–Crippen LogP) is 3.60. The van der Waals surface area contributed by atoms with Gasteiger partial charge in [0.05, 0.1) is 9.77 Å². The summed E-state index contributed by atoms with van der Waals surface area (Å²) in [6, 6.07) is 7.14. The van der Waals surface area contributed by atoms with Gasteiger partial charge in [-0.1, -0.05) is 17.3 Å². The van der Waals surface area contributed by atoms with E-state index >= 15 is 0 Å². The lowest BCUT2D eigenvalue weighted by Crippen LogP contribution is -2.30. The SMILES string of the molecule is Cc1sc(-c2nc(-c3cccc(F)c3)no2)cc1S(=O)(=O)NC(C)C. The zero-order valence-electron chi connectivity index (χ0n) is 13.8. The van der Waals surface area contributed by atoms with E-state index in [-0.39, 0.29) is 22.7 Å². The molecule has 1 N–H and O–H groups in total. The number of halogens is 1. The number of aryl methyl sites for hydroxylation is 1. The molecule has 132 valence electrons. The van der Waals surface area contributed by atoms with Crippen molar-refractivity contribution in [3.63, 3.8) is 0 Å². The van der Waals surface area contributed by atoms with Crippen LogP contribution in [0.5, 0.6) is 0 Å². The number of nitrogens with zero attached hydrogens (tertiary/aromatic N) is 2. The Bertz CT molecular complexity index is 1010. The summed E-state index contributed by atoms with van der Waals surface area (Å²) >= 11 is 1.24. The highest BCUT2D eigenvalue weighted by atomic mass is 32.2. The third-order valence-corrected chi connectivity index (χ3v) is 6.22. The van der Waals surface area contributed by atoms with Gasteiger partial charge >= 0.3 is 0 Å². The maximum absolute atomic E-state index is 13.3. The van der Waals surface area contributed by atoms with Crippen LogP contribution >= 0.6 is 11.3 Å². The second-order valence-electron chi connectivity index (χ2n) is 5.74. The Balaban J connectivity index is 1.95. The molecular weight excluding hydrogens is 365 g/mol. The minimum atomic E-state index is -3.61. The van der Waals surface area contributed by atoms with Crippen LogP contribution in [0.1, 0.15) is 18.7 Å². The van der Waals surface area contributed by atoms with Crippen LogP contribution in [0, 0.1) is 12.7 Å². The standard InChI is InChI=1S/C16H16FN3O3S2/c1-9(2)20-25(21,22)14-8-13(24-10(14)3)16-18-15(19-23-16)11-5-4-6-12(17)7-11/h4-9,20H,1-3H3. The van der Waals surface area contributed by atoms with Crippen molar-refractivity contribution in [1.29, 1.82) is 0 Å². The molecule has 6 nitrogen and oxygen atoms in total. The molecule has 9 heteroatoms. The van der Waals surface area contributed by atoms with Crippen molar-refractivity contribution >= 4 is 21.4 Å². The van der Waals surface area contributed by atoms with E-state index in [9.17, 15) is 12.8 Å². The van der Waals surface area contributed by atoms with Crippen LogP contribution in [-0.4, -0.2) is 24.6 Å². The summed E-state index contributed by atoms with van der Waals surface area (Å²) in [6.07, 6.45) is 0. The molecule has 0 spiro atoms. The van der Waals surface area contributed by atoms with Crippen LogP contribution < -0.4 is 4.72 Å². The van der Waals surface area contributed by atoms with Gasteiger partial charge in [-0.3, -0.25) is 0 Å². The van der Waals surface area contributed by atoms with Gasteiger partial charge in [0.25, 0.3) is 5.89 Å². The molecule has 0 saturated heterocycles. The first-order chi connectivity index (χ1) is 11.8. The highest BCUT2D eigenvalue weighted by Gasteiger charge is 2.23. The Morgan fingerprint density at radius 3 is 2.72 bits per heavy atom. The third-order valence-electron chi connectivity index (χ3n) is 3.27. The van der Waals surface area contributed by atoms with E-state index in [4.69, 9.17) is 4.52 Å². The van der Waals surface area contributed by atoms with Gasteiger partial charge in [0.1, 0.15) is 5.82 Å². The molecule has 0 bridgehead atoms. The fraction of sp³-hybridized carbons (Fsp3) is 0.250. The number of hydrogen-bond acceptors (Lipinski definition) is 6. The molecule has 3 aromatic rings. The third kappa shape index (κ3) is 3.78. The number of rotatable bonds is 5. The first-order valence-corrected chi connectivity index (χ1v) is 9.79. The smallest absolute Gasteiger partial charge is 0.268 e. The molecule has 0 unspecified atom stereocenters. The monoisotopic (exact) mass is 381 g/mol. The average molecular weight is 381 g/mol. The largest absolute Gasteiger partial charge is 0.333 e. The van der Waals surface area contributed by atoms with Crippen LogP contribution in [0.4, 0.5) is 4.39 Å². The van der Waals surface area contributed by atoms with Gasteiger partial charge in [0, 0.05) is 16.5 Å². The number of sulfonamides is 1. The van der Waals surface area contributed by atoms with Crippen molar-refractivity contribution in [2.24, 2.45) is 0 Å². The van der Waals surface area contributed by atoms with Crippen molar-refractivity contribution in [2.45, 2.75) is 31.7 Å². The summed E-state index contributed by atoms with van der Waals surface area (Å²) in [5.41, 5.74) is 0.484. The molecular formula is C16H16FN3O3S2. The number of thiophene rings is 1. The minimum Gasteiger partial charge on any atom is -0.333 e. The van der Waals surface area contributed by atoms with Gasteiger partial charge < -0.3 is 4.52 Å². The highest BCUT2D eigenvalue weighted by molar-refractivity contribution is 7.89. The Labute approximate surface area is 148 Å². The molecule has 0 aliphatic carbocycles. The van der Waals surface area contributed by atoms with E-state index in [1.54, 1.807) is 32.9 Å². The van der Waals surface area contributed by atoms with Crippen LogP contribution in [0.3, 0.4) is 0 Å². The van der Waals surface area contributed by atoms with Crippen molar-refractivity contribution < 1.29 is 17.3 Å². The van der Waals surface area contributed by atoms with Gasteiger partial charge in [-0.25, -0.2) is 17.5 Å². The zero-order chi connectivity index (χ0) is 18.2. The van der Waals surface area contributed by atoms with E-state index in [0.29, 0.717) is 15.3 Å². The normalized spacial score (nSPS) is 12.0. The van der Waals surface area contributed by atoms with E-state index in [0.717, 1.165) is 0 Å². The Kier molecular flexibility index (Phi) is 4.72. The number of nitrogens with one attached hydrogen (secondary N) is 1. The first-order valence-electron chi connectivity index (χ1n) is 7.49. The quantitative estimate of drug-likeness (QED) is 0.730. The molecule has 2 aromatic heterocycles. The molecule has 3 rings (SSSR count). The minimum absolute atomic E-state index is 0.187. The van der Waals surface area contributed by atoms with Gasteiger partial charge in [0.15, 0.2) is 0 Å². The molecule has 0 aliphatic rings. The van der Waals surface area contributed by atoms with E-state index in [1.807, 2.05) is 0 Å². The van der Waals surface area contributed by atoms with Crippen LogP contribution in [-0.2, 0) is 10.0 Å². The van der Waals surface area contributed by atoms with Gasteiger partial charge in [-0.05, 0) is 39.0 Å². The zero-order valence-corrected chi connectivity index (χ0v) is 15.4. The summed E-state index contributed by atoms with van der Waals surface area (Å²) in [7, 11) is -3.61. The fourth-order valence-electron chi connectivity index (χ4n) is 2.28. The van der Waals surface area contributed by atoms with Crippen molar-refractivity contribution in [3.8, 4) is 22.2 Å². The summed E-state index contributed by atoms with van der Waals surface area (Å²) in [4.78, 5) is 5.58. The van der Waals surface area contributed by atoms with Crippen LogP contribution in [0.15, 0.2) is 39.8 Å². The lowest BCUT2D eigenvalue weighted by molar-refractivity contribution is 0.433. The second kappa shape index (κ2) is 6.66. The van der Waals surface area contributed by atoms with E-state index < -0.39 is 15.8 Å². The maximum atomic E-state index is 13.3. The molecule has 2 heterocycles. The molecule has 0 fully saturated rings. The fourth-order valence-corrected chi connectivity index (χ4v) is 5.04. The lowest BCUT2D eigenvalue weighted by atomic mass is 10.2. The number of aromatic nitrogens is 2. The van der Waals surface area contributed by atoms with Crippen LogP contribution in [0.25, 0.3) is 22.2 Å². The predicted molar refractivity (Wildman–Crippen MR) is 93.2 cm³/mol. The molecule has 0 aliphatic heterocycles. The van der Waals surface area contributed by atoms with Crippen LogP contribution in [0.2, 0.25) is 0 Å². The molecule has 1 aromatic carbocycles. The van der Waals surface area contributed by atoms with Gasteiger partial charge in [-0.15, -0.1) is 11.3 Å². The van der Waals surface area contributed by atoms with Crippen molar-refractivity contribution in [1.82, 2.24) is 14.9 Å². The van der Waals surface area contributed by atoms with Gasteiger partial charge in [0.2, 0.25) is 15.8 Å². The summed E-state index contributed by atoms with van der Waals surface area (Å²) < 4.78 is 45.8. The van der Waals surface area contributed by atoms with Gasteiger partial charge in [-0.2, -0.15) is 4.98 Å². The maximum Gasteiger partial charge on any atom is 0.268 e. The van der Waals surface area contributed by atoms with E-state index in [2.05, 4.69) is 14.9 Å². The molecule has 25 heavy (non-hydrogen) atoms. The average Bonchev–Trinajstić information content (AvgIpc) is 3.12. The summed E-state index contributed by atoms with van der Waals surface area (Å²) in [5.74, 6) is 0.0348. The number of benzene rings is 1. The highest BCUT2D eigenvalue weighted by Crippen LogP contribution is 2.33. The molecule has 0 atom stereocenters. The Morgan fingerprint density at radius 2 is 2.04 bits per heavy atom. The summed E-state index contributed by atoms with van der Waals surface area (Å²) in [5, 5.41) is 3.84. The van der Waals surface area contributed by atoms with Crippen molar-refractivity contribution in [3.05, 3.63) is 41.0 Å². The lowest BCUT2D eigenvalue weighted by Gasteiger charge is -2.08.